The highest BCUT2D eigenvalue weighted by atomic mass is 32.1. The van der Waals surface area contributed by atoms with Gasteiger partial charge in [0, 0.05) is 18.0 Å². The lowest BCUT2D eigenvalue weighted by atomic mass is 9.94. The van der Waals surface area contributed by atoms with Crippen LogP contribution < -0.4 is 5.32 Å². The predicted molar refractivity (Wildman–Crippen MR) is 72.2 cm³/mol. The van der Waals surface area contributed by atoms with E-state index in [-0.39, 0.29) is 0 Å². The third-order valence-corrected chi connectivity index (χ3v) is 3.54. The molecule has 0 spiro atoms. The van der Waals surface area contributed by atoms with Gasteiger partial charge < -0.3 is 15.5 Å². The van der Waals surface area contributed by atoms with Crippen LogP contribution in [0.4, 0.5) is 0 Å². The Morgan fingerprint density at radius 3 is 2.71 bits per heavy atom. The summed E-state index contributed by atoms with van der Waals surface area (Å²) in [5, 5.41) is 25.0. The first-order valence-corrected chi connectivity index (χ1v) is 6.93. The van der Waals surface area contributed by atoms with Gasteiger partial charge in [0.1, 0.15) is 6.10 Å². The van der Waals surface area contributed by atoms with Crippen LogP contribution in [0.1, 0.15) is 38.2 Å². The molecule has 1 aromatic heterocycles. The maximum Gasteiger partial charge on any atom is 0.101 e. The van der Waals surface area contributed by atoms with Gasteiger partial charge >= 0.3 is 0 Å². The van der Waals surface area contributed by atoms with Gasteiger partial charge in [0.05, 0.1) is 5.60 Å². The molecule has 3 nitrogen and oxygen atoms in total. The summed E-state index contributed by atoms with van der Waals surface area (Å²) in [6.07, 6.45) is 0.277. The zero-order valence-electron chi connectivity index (χ0n) is 10.8. The molecular formula is C13H23NO2S. The fraction of sp³-hybridized carbons (Fsp3) is 0.692. The van der Waals surface area contributed by atoms with Crippen LogP contribution in [-0.2, 0) is 0 Å². The second-order valence-corrected chi connectivity index (χ2v) is 6.24. The molecule has 0 aromatic carbocycles. The van der Waals surface area contributed by atoms with Crippen molar-refractivity contribution in [3.8, 4) is 0 Å². The van der Waals surface area contributed by atoms with E-state index in [0.717, 1.165) is 11.3 Å². The highest BCUT2D eigenvalue weighted by molar-refractivity contribution is 7.10. The molecule has 2 atom stereocenters. The molecule has 0 aliphatic carbocycles. The molecule has 98 valence electrons. The predicted octanol–water partition coefficient (Wildman–Crippen LogP) is 2.17. The zero-order chi connectivity index (χ0) is 12.9. The van der Waals surface area contributed by atoms with E-state index >= 15 is 0 Å². The normalized spacial score (nSPS) is 17.1. The summed E-state index contributed by atoms with van der Waals surface area (Å²) in [6, 6.07) is 3.85. The highest BCUT2D eigenvalue weighted by Gasteiger charge is 2.21. The Labute approximate surface area is 107 Å². The lowest BCUT2D eigenvalue weighted by molar-refractivity contribution is 0.0354. The van der Waals surface area contributed by atoms with Crippen molar-refractivity contribution in [1.82, 2.24) is 5.32 Å². The van der Waals surface area contributed by atoms with Crippen molar-refractivity contribution < 1.29 is 10.2 Å². The van der Waals surface area contributed by atoms with Gasteiger partial charge in [0.25, 0.3) is 0 Å². The fourth-order valence-corrected chi connectivity index (χ4v) is 2.72. The van der Waals surface area contributed by atoms with E-state index in [0.29, 0.717) is 19.0 Å². The summed E-state index contributed by atoms with van der Waals surface area (Å²) < 4.78 is 0. The third-order valence-electron chi connectivity index (χ3n) is 2.56. The molecular weight excluding hydrogens is 234 g/mol. The fourth-order valence-electron chi connectivity index (χ4n) is 2.01. The largest absolute Gasteiger partial charge is 0.389 e. The molecule has 0 bridgehead atoms. The number of rotatable bonds is 7. The van der Waals surface area contributed by atoms with E-state index in [1.54, 1.807) is 11.3 Å². The Kier molecular flexibility index (Phi) is 5.59. The zero-order valence-corrected chi connectivity index (χ0v) is 11.6. The van der Waals surface area contributed by atoms with E-state index in [9.17, 15) is 10.2 Å². The molecule has 0 saturated carbocycles. The van der Waals surface area contributed by atoms with Crippen molar-refractivity contribution in [3.63, 3.8) is 0 Å². The smallest absolute Gasteiger partial charge is 0.101 e. The number of hydrogen-bond acceptors (Lipinski definition) is 4. The van der Waals surface area contributed by atoms with Gasteiger partial charge in [0.2, 0.25) is 0 Å². The minimum absolute atomic E-state index is 0.467. The Balaban J connectivity index is 2.27. The molecule has 0 amide bonds. The van der Waals surface area contributed by atoms with E-state index < -0.39 is 11.7 Å². The van der Waals surface area contributed by atoms with Crippen molar-refractivity contribution in [2.45, 2.75) is 38.9 Å². The Hall–Kier alpha value is -0.420. The van der Waals surface area contributed by atoms with Crippen molar-refractivity contribution in [3.05, 3.63) is 22.4 Å². The summed E-state index contributed by atoms with van der Waals surface area (Å²) in [5.74, 6) is 0.467. The van der Waals surface area contributed by atoms with Crippen molar-refractivity contribution in [2.24, 2.45) is 5.92 Å². The van der Waals surface area contributed by atoms with Crippen LogP contribution in [0, 0.1) is 5.92 Å². The molecule has 2 unspecified atom stereocenters. The first-order chi connectivity index (χ1) is 7.91. The lowest BCUT2D eigenvalue weighted by Gasteiger charge is -2.26. The summed E-state index contributed by atoms with van der Waals surface area (Å²) in [5.41, 5.74) is -0.705. The minimum Gasteiger partial charge on any atom is -0.389 e. The van der Waals surface area contributed by atoms with Gasteiger partial charge in [-0.25, -0.2) is 0 Å². The topological polar surface area (TPSA) is 52.5 Å². The first kappa shape index (κ1) is 14.6. The van der Waals surface area contributed by atoms with E-state index in [1.807, 2.05) is 24.4 Å². The summed E-state index contributed by atoms with van der Waals surface area (Å²) in [7, 11) is 0. The van der Waals surface area contributed by atoms with Crippen molar-refractivity contribution in [2.75, 3.05) is 13.1 Å². The van der Waals surface area contributed by atoms with Gasteiger partial charge in [-0.3, -0.25) is 0 Å². The first-order valence-electron chi connectivity index (χ1n) is 6.05. The molecule has 17 heavy (non-hydrogen) atoms. The van der Waals surface area contributed by atoms with Gasteiger partial charge in [-0.1, -0.05) is 19.9 Å². The maximum atomic E-state index is 10.1. The average molecular weight is 257 g/mol. The van der Waals surface area contributed by atoms with Gasteiger partial charge in [0.15, 0.2) is 0 Å². The Morgan fingerprint density at radius 2 is 2.18 bits per heavy atom. The molecule has 1 heterocycles. The monoisotopic (exact) mass is 257 g/mol. The highest BCUT2D eigenvalue weighted by Crippen LogP contribution is 2.19. The average Bonchev–Trinajstić information content (AvgIpc) is 2.67. The second kappa shape index (κ2) is 6.50. The third kappa shape index (κ3) is 5.64. The van der Waals surface area contributed by atoms with Crippen LogP contribution in [0.5, 0.6) is 0 Å². The summed E-state index contributed by atoms with van der Waals surface area (Å²) in [4.78, 5) is 0.959. The number of thiophene rings is 1. The Bertz CT molecular complexity index is 309. The van der Waals surface area contributed by atoms with Crippen LogP contribution in [0.2, 0.25) is 0 Å². The quantitative estimate of drug-likeness (QED) is 0.701. The van der Waals surface area contributed by atoms with Crippen molar-refractivity contribution in [1.29, 1.82) is 0 Å². The lowest BCUT2D eigenvalue weighted by Crippen LogP contribution is -2.40. The SMILES string of the molecule is CC(C)CC(C)(O)CNCC(O)c1cccs1. The van der Waals surface area contributed by atoms with Gasteiger partial charge in [-0.05, 0) is 30.7 Å². The number of nitrogens with one attached hydrogen (secondary N) is 1. The molecule has 3 N–H and O–H groups in total. The minimum atomic E-state index is -0.705. The van der Waals surface area contributed by atoms with Crippen LogP contribution >= 0.6 is 11.3 Å². The molecule has 0 radical (unpaired) electrons. The number of aliphatic hydroxyl groups excluding tert-OH is 1. The molecule has 4 heteroatoms. The van der Waals surface area contributed by atoms with Crippen LogP contribution in [-0.4, -0.2) is 28.9 Å². The molecule has 0 aliphatic heterocycles. The van der Waals surface area contributed by atoms with Crippen molar-refractivity contribution >= 4 is 11.3 Å². The van der Waals surface area contributed by atoms with Gasteiger partial charge in [-0.15, -0.1) is 11.3 Å². The number of aliphatic hydroxyl groups is 2. The van der Waals surface area contributed by atoms with E-state index in [2.05, 4.69) is 19.2 Å². The molecule has 1 rings (SSSR count). The van der Waals surface area contributed by atoms with E-state index in [4.69, 9.17) is 0 Å². The molecule has 1 aromatic rings. The standard InChI is InChI=1S/C13H23NO2S/c1-10(2)7-13(3,16)9-14-8-11(15)12-5-4-6-17-12/h4-6,10-11,14-16H,7-9H2,1-3H3. The second-order valence-electron chi connectivity index (χ2n) is 5.26. The van der Waals surface area contributed by atoms with Crippen LogP contribution in [0.3, 0.4) is 0 Å². The Morgan fingerprint density at radius 1 is 1.47 bits per heavy atom. The summed E-state index contributed by atoms with van der Waals surface area (Å²) in [6.45, 7) is 7.00. The van der Waals surface area contributed by atoms with E-state index in [1.165, 1.54) is 0 Å². The molecule has 0 fully saturated rings. The van der Waals surface area contributed by atoms with Crippen LogP contribution in [0.25, 0.3) is 0 Å². The molecule has 0 saturated heterocycles. The van der Waals surface area contributed by atoms with Gasteiger partial charge in [-0.2, -0.15) is 0 Å². The molecule has 0 aliphatic rings. The van der Waals surface area contributed by atoms with Crippen LogP contribution in [0.15, 0.2) is 17.5 Å². The number of hydrogen-bond donors (Lipinski definition) is 3. The summed E-state index contributed by atoms with van der Waals surface area (Å²) >= 11 is 1.55. The maximum absolute atomic E-state index is 10.1.